The third-order valence-electron chi connectivity index (χ3n) is 3.27. The number of hydrogen-bond donors (Lipinski definition) is 0. The average molecular weight is 224 g/mol. The van der Waals surface area contributed by atoms with Crippen LogP contribution in [-0.4, -0.2) is 4.57 Å². The van der Waals surface area contributed by atoms with Crippen LogP contribution in [-0.2, 0) is 0 Å². The molecule has 0 aliphatic rings. The summed E-state index contributed by atoms with van der Waals surface area (Å²) in [7, 11) is 0. The molecule has 0 aliphatic heterocycles. The van der Waals surface area contributed by atoms with Gasteiger partial charge in [-0.1, -0.05) is 30.3 Å². The quantitative estimate of drug-likeness (QED) is 0.766. The van der Waals surface area contributed by atoms with E-state index < -0.39 is 0 Å². The van der Waals surface area contributed by atoms with Gasteiger partial charge in [-0.25, -0.2) is 0 Å². The molecule has 86 valence electrons. The summed E-state index contributed by atoms with van der Waals surface area (Å²) in [6, 6.07) is 14.8. The molecule has 0 aliphatic carbocycles. The van der Waals surface area contributed by atoms with E-state index in [9.17, 15) is 0 Å². The fraction of sp³-hybridized carbons (Fsp3) is 0.267. The van der Waals surface area contributed by atoms with Crippen LogP contribution >= 0.6 is 0 Å². The van der Waals surface area contributed by atoms with Crippen LogP contribution in [0.15, 0.2) is 36.4 Å². The highest BCUT2D eigenvalue weighted by Gasteiger charge is 2.14. The second-order valence-electron chi connectivity index (χ2n) is 4.35. The van der Waals surface area contributed by atoms with Crippen LogP contribution in [0.2, 0.25) is 0 Å². The summed E-state index contributed by atoms with van der Waals surface area (Å²) in [6.45, 7) is 6.22. The lowest BCUT2D eigenvalue weighted by Crippen LogP contribution is -2.10. The second-order valence-corrected chi connectivity index (χ2v) is 4.35. The molecule has 1 aromatic heterocycles. The minimum absolute atomic E-state index is 0.262. The molecular formula is C15H16N2. The maximum absolute atomic E-state index is 9.05. The summed E-state index contributed by atoms with van der Waals surface area (Å²) >= 11 is 0. The number of nitriles is 1. The van der Waals surface area contributed by atoms with E-state index in [-0.39, 0.29) is 6.04 Å². The fourth-order valence-corrected chi connectivity index (χ4v) is 2.37. The van der Waals surface area contributed by atoms with E-state index in [2.05, 4.69) is 29.7 Å². The summed E-state index contributed by atoms with van der Waals surface area (Å²) in [5.41, 5.74) is 4.21. The SMILES string of the molecule is Cc1cc(C#N)c(C)n1[C@H](C)c1ccccc1. The largest absolute Gasteiger partial charge is 0.341 e. The Morgan fingerprint density at radius 1 is 1.18 bits per heavy atom. The number of aromatic nitrogens is 1. The Kier molecular flexibility index (Phi) is 3.01. The highest BCUT2D eigenvalue weighted by molar-refractivity contribution is 5.38. The van der Waals surface area contributed by atoms with E-state index in [1.807, 2.05) is 38.1 Å². The van der Waals surface area contributed by atoms with Crippen molar-refractivity contribution in [2.75, 3.05) is 0 Å². The molecule has 2 aromatic rings. The van der Waals surface area contributed by atoms with Gasteiger partial charge in [0.25, 0.3) is 0 Å². The van der Waals surface area contributed by atoms with Crippen molar-refractivity contribution in [1.82, 2.24) is 4.57 Å². The first kappa shape index (κ1) is 11.5. The summed E-state index contributed by atoms with van der Waals surface area (Å²) in [5, 5.41) is 9.05. The van der Waals surface area contributed by atoms with Crippen LogP contribution < -0.4 is 0 Å². The summed E-state index contributed by atoms with van der Waals surface area (Å²) in [6.07, 6.45) is 0. The number of aryl methyl sites for hydroxylation is 1. The molecule has 1 aromatic carbocycles. The van der Waals surface area contributed by atoms with E-state index in [1.54, 1.807) is 0 Å². The zero-order valence-corrected chi connectivity index (χ0v) is 10.4. The molecule has 0 N–H and O–H groups in total. The fourth-order valence-electron chi connectivity index (χ4n) is 2.37. The number of rotatable bonds is 2. The van der Waals surface area contributed by atoms with E-state index in [0.29, 0.717) is 0 Å². The van der Waals surface area contributed by atoms with Crippen LogP contribution in [0.5, 0.6) is 0 Å². The predicted molar refractivity (Wildman–Crippen MR) is 68.9 cm³/mol. The van der Waals surface area contributed by atoms with Crippen molar-refractivity contribution in [3.8, 4) is 6.07 Å². The monoisotopic (exact) mass is 224 g/mol. The normalized spacial score (nSPS) is 12.1. The topological polar surface area (TPSA) is 28.7 Å². The molecule has 1 atom stereocenters. The molecule has 0 radical (unpaired) electrons. The van der Waals surface area contributed by atoms with Crippen molar-refractivity contribution in [3.63, 3.8) is 0 Å². The van der Waals surface area contributed by atoms with Crippen molar-refractivity contribution in [2.45, 2.75) is 26.8 Å². The zero-order chi connectivity index (χ0) is 12.4. The molecule has 1 heterocycles. The first-order chi connectivity index (χ1) is 8.15. The summed E-state index contributed by atoms with van der Waals surface area (Å²) in [5.74, 6) is 0. The Bertz CT molecular complexity index is 559. The van der Waals surface area contributed by atoms with Crippen molar-refractivity contribution in [1.29, 1.82) is 5.26 Å². The lowest BCUT2D eigenvalue weighted by molar-refractivity contribution is 0.610. The van der Waals surface area contributed by atoms with Gasteiger partial charge in [0.15, 0.2) is 0 Å². The van der Waals surface area contributed by atoms with Gasteiger partial charge >= 0.3 is 0 Å². The van der Waals surface area contributed by atoms with Crippen molar-refractivity contribution >= 4 is 0 Å². The van der Waals surface area contributed by atoms with Crippen LogP contribution in [0.3, 0.4) is 0 Å². The molecule has 2 nitrogen and oxygen atoms in total. The van der Waals surface area contributed by atoms with Crippen LogP contribution in [0, 0.1) is 25.2 Å². The molecular weight excluding hydrogens is 208 g/mol. The van der Waals surface area contributed by atoms with Gasteiger partial charge < -0.3 is 4.57 Å². The Morgan fingerprint density at radius 2 is 1.82 bits per heavy atom. The first-order valence-corrected chi connectivity index (χ1v) is 5.78. The molecule has 0 saturated heterocycles. The van der Waals surface area contributed by atoms with Gasteiger partial charge in [0.1, 0.15) is 6.07 Å². The van der Waals surface area contributed by atoms with E-state index in [1.165, 1.54) is 5.56 Å². The van der Waals surface area contributed by atoms with Crippen molar-refractivity contribution < 1.29 is 0 Å². The molecule has 2 rings (SSSR count). The highest BCUT2D eigenvalue weighted by atomic mass is 15.0. The third-order valence-corrected chi connectivity index (χ3v) is 3.27. The Labute approximate surface area is 102 Å². The third kappa shape index (κ3) is 1.97. The smallest absolute Gasteiger partial charge is 0.101 e. The van der Waals surface area contributed by atoms with Crippen LogP contribution in [0.25, 0.3) is 0 Å². The van der Waals surface area contributed by atoms with Crippen LogP contribution in [0.4, 0.5) is 0 Å². The van der Waals surface area contributed by atoms with Gasteiger partial charge in [0.05, 0.1) is 11.6 Å². The molecule has 0 saturated carbocycles. The molecule has 0 spiro atoms. The summed E-state index contributed by atoms with van der Waals surface area (Å²) in [4.78, 5) is 0. The molecule has 0 fully saturated rings. The lowest BCUT2D eigenvalue weighted by atomic mass is 10.1. The Balaban J connectivity index is 2.49. The van der Waals surface area contributed by atoms with Gasteiger partial charge in [-0.2, -0.15) is 5.26 Å². The number of nitrogens with zero attached hydrogens (tertiary/aromatic N) is 2. The minimum atomic E-state index is 0.262. The van der Waals surface area contributed by atoms with Gasteiger partial charge in [-0.05, 0) is 32.4 Å². The van der Waals surface area contributed by atoms with Gasteiger partial charge in [0, 0.05) is 11.4 Å². The van der Waals surface area contributed by atoms with Gasteiger partial charge in [-0.3, -0.25) is 0 Å². The van der Waals surface area contributed by atoms with E-state index in [4.69, 9.17) is 5.26 Å². The molecule has 2 heteroatoms. The predicted octanol–water partition coefficient (Wildman–Crippen LogP) is 3.59. The minimum Gasteiger partial charge on any atom is -0.341 e. The second kappa shape index (κ2) is 4.47. The van der Waals surface area contributed by atoms with E-state index >= 15 is 0 Å². The molecule has 0 amide bonds. The van der Waals surface area contributed by atoms with Crippen molar-refractivity contribution in [3.05, 3.63) is 58.9 Å². The Hall–Kier alpha value is -2.01. The molecule has 17 heavy (non-hydrogen) atoms. The van der Waals surface area contributed by atoms with E-state index in [0.717, 1.165) is 17.0 Å². The Morgan fingerprint density at radius 3 is 2.35 bits per heavy atom. The number of hydrogen-bond acceptors (Lipinski definition) is 1. The van der Waals surface area contributed by atoms with Crippen molar-refractivity contribution in [2.24, 2.45) is 0 Å². The molecule has 0 bridgehead atoms. The molecule has 0 unspecified atom stereocenters. The maximum atomic E-state index is 9.05. The lowest BCUT2D eigenvalue weighted by Gasteiger charge is -2.18. The van der Waals surface area contributed by atoms with Gasteiger partial charge in [0.2, 0.25) is 0 Å². The number of benzene rings is 1. The van der Waals surface area contributed by atoms with Gasteiger partial charge in [-0.15, -0.1) is 0 Å². The maximum Gasteiger partial charge on any atom is 0.101 e. The average Bonchev–Trinajstić information content (AvgIpc) is 2.64. The highest BCUT2D eigenvalue weighted by Crippen LogP contribution is 2.24. The summed E-state index contributed by atoms with van der Waals surface area (Å²) < 4.78 is 2.22. The first-order valence-electron chi connectivity index (χ1n) is 5.78. The van der Waals surface area contributed by atoms with Crippen LogP contribution in [0.1, 0.15) is 35.5 Å². The zero-order valence-electron chi connectivity index (χ0n) is 10.4. The standard InChI is InChI=1S/C15H16N2/c1-11-9-15(10-16)13(3)17(11)12(2)14-7-5-4-6-8-14/h4-9,12H,1-3H3/t12-/m1/s1.